The number of anilines is 7. The number of carbonyl (C=O) groups is 1. The minimum atomic E-state index is -5.08. The Balaban J connectivity index is 0.000000739. The number of alkyl halides is 3. The maximum atomic E-state index is 10.6. The second kappa shape index (κ2) is 19.0. The van der Waals surface area contributed by atoms with E-state index in [1.807, 2.05) is 85.8 Å². The number of benzene rings is 4. The Morgan fingerprint density at radius 2 is 1.44 bits per heavy atom. The third-order valence-corrected chi connectivity index (χ3v) is 9.16. The van der Waals surface area contributed by atoms with E-state index < -0.39 is 12.1 Å². The van der Waals surface area contributed by atoms with Crippen LogP contribution in [-0.4, -0.2) is 86.2 Å². The van der Waals surface area contributed by atoms with Gasteiger partial charge in [0.15, 0.2) is 11.5 Å². The summed E-state index contributed by atoms with van der Waals surface area (Å²) in [6.45, 7) is 5.19. The fourth-order valence-electron chi connectivity index (χ4n) is 6.34. The van der Waals surface area contributed by atoms with Crippen LogP contribution >= 0.6 is 0 Å². The molecule has 0 saturated carbocycles. The van der Waals surface area contributed by atoms with E-state index in [9.17, 15) is 13.2 Å². The summed E-state index contributed by atoms with van der Waals surface area (Å²) >= 11 is 0. The zero-order valence-electron chi connectivity index (χ0n) is 32.7. The number of fused-ring (bicyclic) bond motifs is 1. The van der Waals surface area contributed by atoms with E-state index in [1.54, 1.807) is 0 Å². The van der Waals surface area contributed by atoms with Gasteiger partial charge in [0.2, 0.25) is 42.5 Å². The molecule has 0 bridgehead atoms. The second-order valence-corrected chi connectivity index (χ2v) is 13.5. The lowest BCUT2D eigenvalue weighted by Gasteiger charge is -2.41. The Hall–Kier alpha value is -7.64. The number of nitrogens with one attached hydrogen (secondary N) is 3. The normalized spacial score (nSPS) is 14.4. The van der Waals surface area contributed by atoms with Crippen molar-refractivity contribution in [2.45, 2.75) is 32.1 Å². The van der Waals surface area contributed by atoms with Gasteiger partial charge in [-0.2, -0.15) is 43.1 Å². The van der Waals surface area contributed by atoms with E-state index in [1.165, 1.54) is 5.56 Å². The molecule has 4 heterocycles. The number of rotatable bonds is 13. The molecular formula is C41H41F3N12O5. The molecule has 0 radical (unpaired) electrons. The van der Waals surface area contributed by atoms with Crippen LogP contribution in [-0.2, 0) is 17.8 Å². The van der Waals surface area contributed by atoms with Crippen LogP contribution in [0.1, 0.15) is 18.1 Å². The van der Waals surface area contributed by atoms with Gasteiger partial charge in [-0.1, -0.05) is 54.6 Å². The highest BCUT2D eigenvalue weighted by molar-refractivity contribution is 5.73. The number of nitrogens with two attached hydrogens (primary N) is 1. The van der Waals surface area contributed by atoms with E-state index >= 15 is 0 Å². The summed E-state index contributed by atoms with van der Waals surface area (Å²) in [6, 6.07) is 33.4. The average Bonchev–Trinajstić information content (AvgIpc) is 3.72. The van der Waals surface area contributed by atoms with Gasteiger partial charge in [0.05, 0.1) is 6.04 Å². The van der Waals surface area contributed by atoms with Crippen LogP contribution in [0.25, 0.3) is 0 Å². The molecule has 6 N–H and O–H groups in total. The number of halogens is 3. The van der Waals surface area contributed by atoms with Gasteiger partial charge in [-0.15, -0.1) is 0 Å². The SMILES string of the molecule is CCNc1nc(NCc2ccc3c(c2)OCO3)nc(N2CCN(c3nc(N)nc(Nc4ccc(Oc5ccccc5)cc4)n3)CC2Cc2ccccc2)n1.O=C(O)C(F)(F)F. The lowest BCUT2D eigenvalue weighted by atomic mass is 10.0. The standard InChI is InChI=1S/C39H40N12O3.C2HF3O2/c1-2-41-35-46-36(42-23-27-13-18-32-33(22-27)53-25-52-32)48-39(47-35)51-20-19-50(24-29(51)21-26-9-5-3-6-10-26)38-45-34(40)44-37(49-38)43-28-14-16-31(17-15-28)54-30-11-7-4-8-12-30;3-2(4,5)1(6)7/h3-18,22,29H,2,19-21,23-25H2,1H3,(H3,40,43,44,45,49)(H2,41,42,46,47,48);(H,6,7). The van der Waals surface area contributed by atoms with Crippen LogP contribution in [0.15, 0.2) is 103 Å². The van der Waals surface area contributed by atoms with Gasteiger partial charge >= 0.3 is 12.1 Å². The van der Waals surface area contributed by atoms with Crippen LogP contribution in [0.4, 0.5) is 54.5 Å². The predicted octanol–water partition coefficient (Wildman–Crippen LogP) is 6.52. The van der Waals surface area contributed by atoms with E-state index in [2.05, 4.69) is 65.0 Å². The maximum Gasteiger partial charge on any atom is 0.490 e. The number of piperazine rings is 1. The third-order valence-electron chi connectivity index (χ3n) is 9.16. The first-order valence-electron chi connectivity index (χ1n) is 19.1. The number of para-hydroxylation sites is 1. The Morgan fingerprint density at radius 1 is 0.787 bits per heavy atom. The summed E-state index contributed by atoms with van der Waals surface area (Å²) in [7, 11) is 0. The molecular weight excluding hydrogens is 798 g/mol. The molecule has 316 valence electrons. The van der Waals surface area contributed by atoms with Gasteiger partial charge in [-0.25, -0.2) is 4.79 Å². The number of ether oxygens (including phenoxy) is 3. The summed E-state index contributed by atoms with van der Waals surface area (Å²) < 4.78 is 48.7. The van der Waals surface area contributed by atoms with Crippen LogP contribution in [0.5, 0.6) is 23.0 Å². The molecule has 1 unspecified atom stereocenters. The monoisotopic (exact) mass is 838 g/mol. The second-order valence-electron chi connectivity index (χ2n) is 13.5. The van der Waals surface area contributed by atoms with Gasteiger partial charge in [0, 0.05) is 38.4 Å². The molecule has 4 aromatic carbocycles. The maximum absolute atomic E-state index is 10.6. The molecule has 2 aliphatic heterocycles. The molecule has 6 aromatic rings. The Kier molecular flexibility index (Phi) is 12.9. The van der Waals surface area contributed by atoms with Gasteiger partial charge in [-0.05, 0) is 73.0 Å². The van der Waals surface area contributed by atoms with Gasteiger partial charge in [-0.3, -0.25) is 0 Å². The highest BCUT2D eigenvalue weighted by atomic mass is 19.4. The van der Waals surface area contributed by atoms with Gasteiger partial charge in [0.25, 0.3) is 0 Å². The van der Waals surface area contributed by atoms with Crippen LogP contribution in [0.2, 0.25) is 0 Å². The molecule has 0 amide bonds. The zero-order valence-corrected chi connectivity index (χ0v) is 32.7. The summed E-state index contributed by atoms with van der Waals surface area (Å²) in [5, 5.41) is 17.1. The molecule has 1 fully saturated rings. The fourth-order valence-corrected chi connectivity index (χ4v) is 6.34. The quantitative estimate of drug-likeness (QED) is 0.0838. The number of nitrogens with zero attached hydrogens (tertiary/aromatic N) is 8. The average molecular weight is 839 g/mol. The van der Waals surface area contributed by atoms with E-state index in [4.69, 9.17) is 44.8 Å². The van der Waals surface area contributed by atoms with Gasteiger partial charge < -0.3 is 50.8 Å². The minimum Gasteiger partial charge on any atom is -0.475 e. The lowest BCUT2D eigenvalue weighted by molar-refractivity contribution is -0.192. The first-order valence-corrected chi connectivity index (χ1v) is 19.1. The lowest BCUT2D eigenvalue weighted by Crippen LogP contribution is -2.55. The smallest absolute Gasteiger partial charge is 0.475 e. The molecule has 1 atom stereocenters. The van der Waals surface area contributed by atoms with Crippen molar-refractivity contribution in [2.75, 3.05) is 64.5 Å². The number of hydrogen-bond donors (Lipinski definition) is 5. The van der Waals surface area contributed by atoms with Crippen molar-refractivity contribution in [3.63, 3.8) is 0 Å². The molecule has 2 aromatic heterocycles. The number of carboxylic acids is 1. The topological polar surface area (TPSA) is 211 Å². The molecule has 17 nitrogen and oxygen atoms in total. The number of aromatic nitrogens is 6. The van der Waals surface area contributed by atoms with Crippen molar-refractivity contribution in [2.24, 2.45) is 0 Å². The molecule has 61 heavy (non-hydrogen) atoms. The van der Waals surface area contributed by atoms with E-state index in [0.29, 0.717) is 68.2 Å². The van der Waals surface area contributed by atoms with E-state index in [-0.39, 0.29) is 18.8 Å². The number of hydrogen-bond acceptors (Lipinski definition) is 16. The van der Waals surface area contributed by atoms with Gasteiger partial charge in [0.1, 0.15) is 11.5 Å². The van der Waals surface area contributed by atoms with Crippen LogP contribution < -0.4 is 45.7 Å². The predicted molar refractivity (Wildman–Crippen MR) is 222 cm³/mol. The Labute approximate surface area is 347 Å². The number of carboxylic acid groups (broad SMARTS) is 1. The van der Waals surface area contributed by atoms with Crippen molar-refractivity contribution >= 4 is 47.3 Å². The first-order chi connectivity index (χ1) is 29.5. The summed E-state index contributed by atoms with van der Waals surface area (Å²) in [5.41, 5.74) is 9.24. The molecule has 2 aliphatic rings. The number of nitrogen functional groups attached to an aromatic ring is 1. The number of aliphatic carboxylic acids is 1. The summed E-state index contributed by atoms with van der Waals surface area (Å²) in [5.74, 6) is 2.70. The van der Waals surface area contributed by atoms with Crippen molar-refractivity contribution in [1.82, 2.24) is 29.9 Å². The minimum absolute atomic E-state index is 0.0358. The summed E-state index contributed by atoms with van der Waals surface area (Å²) in [4.78, 5) is 41.4. The van der Waals surface area contributed by atoms with Crippen molar-refractivity contribution in [3.8, 4) is 23.0 Å². The molecule has 0 spiro atoms. The zero-order chi connectivity index (χ0) is 42.8. The summed E-state index contributed by atoms with van der Waals surface area (Å²) in [6.07, 6.45) is -4.34. The van der Waals surface area contributed by atoms with Crippen LogP contribution in [0, 0.1) is 0 Å². The highest BCUT2D eigenvalue weighted by Crippen LogP contribution is 2.33. The van der Waals surface area contributed by atoms with Crippen molar-refractivity contribution < 1.29 is 37.3 Å². The first kappa shape index (κ1) is 41.5. The highest BCUT2D eigenvalue weighted by Gasteiger charge is 2.38. The molecule has 20 heteroatoms. The molecule has 0 aliphatic carbocycles. The van der Waals surface area contributed by atoms with Crippen LogP contribution in [0.3, 0.4) is 0 Å². The fraction of sp³-hybridized carbons (Fsp3) is 0.244. The van der Waals surface area contributed by atoms with Crippen molar-refractivity contribution in [1.29, 1.82) is 0 Å². The molecule has 8 rings (SSSR count). The van der Waals surface area contributed by atoms with Crippen molar-refractivity contribution in [3.05, 3.63) is 114 Å². The Morgan fingerprint density at radius 3 is 2.15 bits per heavy atom. The third kappa shape index (κ3) is 11.3. The Bertz CT molecular complexity index is 2400. The van der Waals surface area contributed by atoms with E-state index in [0.717, 1.165) is 34.9 Å². The molecule has 1 saturated heterocycles. The largest absolute Gasteiger partial charge is 0.490 e.